The van der Waals surface area contributed by atoms with E-state index in [2.05, 4.69) is 102 Å². The standard InChI is InChI=1S/C28H51P/c1-14-16-20(3)29(21(4)17-15-2)25-23(27(8,9)10)18-22(26(5,6)7)19-24(25)28(11,12)13/h18-21H,14-17H2,1-13H3. The van der Waals surface area contributed by atoms with Crippen molar-refractivity contribution >= 4 is 13.2 Å². The third-order valence-electron chi connectivity index (χ3n) is 6.21. The minimum atomic E-state index is -0.208. The lowest BCUT2D eigenvalue weighted by Crippen LogP contribution is -2.35. The SMILES string of the molecule is CCCC(C)P(c1c(C(C)(C)C)cc(C(C)(C)C)cc1C(C)(C)C)C(C)CCC. The summed E-state index contributed by atoms with van der Waals surface area (Å²) in [5, 5.41) is 1.75. The maximum atomic E-state index is 2.58. The van der Waals surface area contributed by atoms with E-state index in [-0.39, 0.29) is 24.2 Å². The molecule has 0 aromatic heterocycles. The summed E-state index contributed by atoms with van der Waals surface area (Å²) >= 11 is 0. The molecule has 0 aliphatic heterocycles. The van der Waals surface area contributed by atoms with Crippen LogP contribution in [0.5, 0.6) is 0 Å². The van der Waals surface area contributed by atoms with Gasteiger partial charge in [0.15, 0.2) is 0 Å². The van der Waals surface area contributed by atoms with Crippen molar-refractivity contribution in [2.45, 2.75) is 143 Å². The van der Waals surface area contributed by atoms with Gasteiger partial charge in [0.05, 0.1) is 0 Å². The second-order valence-electron chi connectivity index (χ2n) is 12.4. The van der Waals surface area contributed by atoms with Gasteiger partial charge in [-0.25, -0.2) is 0 Å². The fourth-order valence-corrected chi connectivity index (χ4v) is 8.66. The van der Waals surface area contributed by atoms with E-state index < -0.39 is 0 Å². The first-order valence-electron chi connectivity index (χ1n) is 12.0. The molecule has 1 rings (SSSR count). The molecule has 0 bridgehead atoms. The second-order valence-corrected chi connectivity index (χ2v) is 15.4. The third kappa shape index (κ3) is 6.82. The van der Waals surface area contributed by atoms with Crippen LogP contribution >= 0.6 is 7.92 Å². The van der Waals surface area contributed by atoms with Gasteiger partial charge in [-0.1, -0.05) is 123 Å². The molecular formula is C28H51P. The molecule has 168 valence electrons. The molecule has 0 heterocycles. The minimum Gasteiger partial charge on any atom is -0.0689 e. The number of benzene rings is 1. The zero-order valence-corrected chi connectivity index (χ0v) is 23.0. The van der Waals surface area contributed by atoms with Gasteiger partial charge in [-0.2, -0.15) is 0 Å². The molecule has 0 fully saturated rings. The van der Waals surface area contributed by atoms with Crippen LogP contribution in [0.25, 0.3) is 0 Å². The maximum Gasteiger partial charge on any atom is -0.0125 e. The molecule has 0 saturated heterocycles. The van der Waals surface area contributed by atoms with Crippen molar-refractivity contribution in [3.05, 3.63) is 28.8 Å². The van der Waals surface area contributed by atoms with Gasteiger partial charge < -0.3 is 0 Å². The Kier molecular flexibility index (Phi) is 9.06. The summed E-state index contributed by atoms with van der Waals surface area (Å²) in [6.45, 7) is 31.4. The lowest BCUT2D eigenvalue weighted by Gasteiger charge is -2.40. The highest BCUT2D eigenvalue weighted by molar-refractivity contribution is 7.67. The zero-order chi connectivity index (χ0) is 22.8. The van der Waals surface area contributed by atoms with Gasteiger partial charge in [0.2, 0.25) is 0 Å². The Balaban J connectivity index is 4.00. The highest BCUT2D eigenvalue weighted by Gasteiger charge is 2.35. The van der Waals surface area contributed by atoms with E-state index in [1.165, 1.54) is 31.2 Å². The van der Waals surface area contributed by atoms with E-state index in [0.717, 1.165) is 11.3 Å². The van der Waals surface area contributed by atoms with E-state index in [1.54, 1.807) is 16.4 Å². The van der Waals surface area contributed by atoms with Crippen molar-refractivity contribution in [2.24, 2.45) is 0 Å². The Morgan fingerprint density at radius 1 is 0.655 bits per heavy atom. The van der Waals surface area contributed by atoms with E-state index >= 15 is 0 Å². The largest absolute Gasteiger partial charge is 0.0689 e. The molecule has 0 radical (unpaired) electrons. The van der Waals surface area contributed by atoms with Gasteiger partial charge in [-0.15, -0.1) is 0 Å². The Labute approximate surface area is 185 Å². The molecular weight excluding hydrogens is 367 g/mol. The number of rotatable bonds is 7. The predicted octanol–water partition coefficient (Wildman–Crippen LogP) is 9.06. The summed E-state index contributed by atoms with van der Waals surface area (Å²) in [5.41, 5.74) is 6.78. The topological polar surface area (TPSA) is 0 Å². The van der Waals surface area contributed by atoms with Gasteiger partial charge >= 0.3 is 0 Å². The van der Waals surface area contributed by atoms with Crippen molar-refractivity contribution in [1.29, 1.82) is 0 Å². The molecule has 0 spiro atoms. The average Bonchev–Trinajstić information content (AvgIpc) is 2.52. The van der Waals surface area contributed by atoms with Gasteiger partial charge in [-0.3, -0.25) is 0 Å². The first-order valence-corrected chi connectivity index (χ1v) is 13.5. The van der Waals surface area contributed by atoms with Crippen LogP contribution in [0.3, 0.4) is 0 Å². The smallest absolute Gasteiger partial charge is 0.0125 e. The molecule has 0 nitrogen and oxygen atoms in total. The average molecular weight is 419 g/mol. The number of hydrogen-bond acceptors (Lipinski definition) is 0. The molecule has 1 aromatic rings. The zero-order valence-electron chi connectivity index (χ0n) is 22.1. The summed E-state index contributed by atoms with van der Waals surface area (Å²) in [5.74, 6) is 0. The fraction of sp³-hybridized carbons (Fsp3) is 0.786. The Morgan fingerprint density at radius 3 is 1.24 bits per heavy atom. The van der Waals surface area contributed by atoms with Crippen LogP contribution in [0.4, 0.5) is 0 Å². The van der Waals surface area contributed by atoms with Crippen LogP contribution in [0, 0.1) is 0 Å². The van der Waals surface area contributed by atoms with Crippen molar-refractivity contribution < 1.29 is 0 Å². The molecule has 1 aromatic carbocycles. The summed E-state index contributed by atoms with van der Waals surface area (Å²) in [6.07, 6.45) is 5.26. The van der Waals surface area contributed by atoms with E-state index in [4.69, 9.17) is 0 Å². The van der Waals surface area contributed by atoms with E-state index in [9.17, 15) is 0 Å². The summed E-state index contributed by atoms with van der Waals surface area (Å²) < 4.78 is 0. The second kappa shape index (κ2) is 9.85. The van der Waals surface area contributed by atoms with Crippen LogP contribution in [0.2, 0.25) is 0 Å². The van der Waals surface area contributed by atoms with Crippen LogP contribution < -0.4 is 5.30 Å². The Morgan fingerprint density at radius 2 is 1.00 bits per heavy atom. The normalized spacial score (nSPS) is 16.6. The third-order valence-corrected chi connectivity index (χ3v) is 9.63. The first kappa shape index (κ1) is 26.7. The predicted molar refractivity (Wildman–Crippen MR) is 138 cm³/mol. The first-order chi connectivity index (χ1) is 13.1. The molecule has 1 heteroatoms. The minimum absolute atomic E-state index is 0.162. The van der Waals surface area contributed by atoms with E-state index in [0.29, 0.717) is 0 Å². The Hall–Kier alpha value is -0.350. The van der Waals surface area contributed by atoms with Gasteiger partial charge in [0, 0.05) is 0 Å². The summed E-state index contributed by atoms with van der Waals surface area (Å²) in [6, 6.07) is 5.16. The van der Waals surface area contributed by atoms with Gasteiger partial charge in [0.25, 0.3) is 0 Å². The maximum absolute atomic E-state index is 2.58. The molecule has 0 amide bonds. The molecule has 2 unspecified atom stereocenters. The Bertz CT molecular complexity index is 601. The summed E-state index contributed by atoms with van der Waals surface area (Å²) in [7, 11) is -0.208. The molecule has 0 aliphatic carbocycles. The molecule has 0 aliphatic rings. The van der Waals surface area contributed by atoms with Gasteiger partial charge in [0.1, 0.15) is 0 Å². The molecule has 2 atom stereocenters. The van der Waals surface area contributed by atoms with Gasteiger partial charge in [-0.05, 0) is 62.4 Å². The van der Waals surface area contributed by atoms with E-state index in [1.807, 2.05) is 0 Å². The fourth-order valence-electron chi connectivity index (χ4n) is 4.48. The highest BCUT2D eigenvalue weighted by Crippen LogP contribution is 2.53. The van der Waals surface area contributed by atoms with Crippen LogP contribution in [0.15, 0.2) is 12.1 Å². The van der Waals surface area contributed by atoms with Crippen molar-refractivity contribution in [3.8, 4) is 0 Å². The van der Waals surface area contributed by atoms with Crippen molar-refractivity contribution in [2.75, 3.05) is 0 Å². The summed E-state index contributed by atoms with van der Waals surface area (Å²) in [4.78, 5) is 0. The van der Waals surface area contributed by atoms with Crippen molar-refractivity contribution in [3.63, 3.8) is 0 Å². The lowest BCUT2D eigenvalue weighted by molar-refractivity contribution is 0.553. The van der Waals surface area contributed by atoms with Crippen LogP contribution in [-0.2, 0) is 16.2 Å². The monoisotopic (exact) mass is 418 g/mol. The molecule has 0 N–H and O–H groups in total. The quantitative estimate of drug-likeness (QED) is 0.387. The van der Waals surface area contributed by atoms with Crippen LogP contribution in [0.1, 0.15) is 132 Å². The van der Waals surface area contributed by atoms with Crippen LogP contribution in [-0.4, -0.2) is 11.3 Å². The lowest BCUT2D eigenvalue weighted by atomic mass is 9.75. The number of hydrogen-bond donors (Lipinski definition) is 0. The highest BCUT2D eigenvalue weighted by atomic mass is 31.1. The molecule has 0 saturated carbocycles. The molecule has 29 heavy (non-hydrogen) atoms. The van der Waals surface area contributed by atoms with Crippen molar-refractivity contribution in [1.82, 2.24) is 0 Å².